The van der Waals surface area contributed by atoms with Crippen LogP contribution < -0.4 is 9.46 Å². The molecule has 0 fully saturated rings. The lowest BCUT2D eigenvalue weighted by atomic mass is 10.2. The van der Waals surface area contributed by atoms with Crippen LogP contribution in [0.5, 0.6) is 5.75 Å². The number of ether oxygens (including phenoxy) is 1. The van der Waals surface area contributed by atoms with E-state index in [1.54, 1.807) is 36.8 Å². The summed E-state index contributed by atoms with van der Waals surface area (Å²) >= 11 is 1.20. The second-order valence-corrected chi connectivity index (χ2v) is 6.55. The first-order chi connectivity index (χ1) is 8.62. The van der Waals surface area contributed by atoms with Crippen molar-refractivity contribution in [3.05, 3.63) is 47.3 Å². The summed E-state index contributed by atoms with van der Waals surface area (Å²) in [6, 6.07) is 10.6. The van der Waals surface area contributed by atoms with E-state index in [9.17, 15) is 8.42 Å². The van der Waals surface area contributed by atoms with Crippen LogP contribution in [0, 0.1) is 0 Å². The average Bonchev–Trinajstić information content (AvgIpc) is 2.92. The molecule has 18 heavy (non-hydrogen) atoms. The zero-order valence-corrected chi connectivity index (χ0v) is 11.4. The Kier molecular flexibility index (Phi) is 4.00. The minimum atomic E-state index is -3.39. The maximum Gasteiger partial charge on any atom is 0.250 e. The Labute approximate surface area is 110 Å². The maximum atomic E-state index is 11.9. The lowest BCUT2D eigenvalue weighted by Gasteiger charge is -2.05. The Morgan fingerprint density at radius 1 is 1.22 bits per heavy atom. The van der Waals surface area contributed by atoms with Gasteiger partial charge in [0.05, 0.1) is 7.11 Å². The van der Waals surface area contributed by atoms with Crippen molar-refractivity contribution in [1.82, 2.24) is 4.72 Å². The van der Waals surface area contributed by atoms with Crippen LogP contribution in [-0.2, 0) is 16.6 Å². The van der Waals surface area contributed by atoms with Crippen molar-refractivity contribution in [3.8, 4) is 5.75 Å². The number of nitrogens with one attached hydrogen (secondary N) is 1. The summed E-state index contributed by atoms with van der Waals surface area (Å²) in [6.07, 6.45) is 0. The third kappa shape index (κ3) is 3.10. The molecule has 0 spiro atoms. The highest BCUT2D eigenvalue weighted by atomic mass is 32.2. The number of rotatable bonds is 5. The lowest BCUT2D eigenvalue weighted by molar-refractivity contribution is 0.414. The Morgan fingerprint density at radius 3 is 2.50 bits per heavy atom. The zero-order valence-electron chi connectivity index (χ0n) is 9.79. The third-order valence-corrected chi connectivity index (χ3v) is 5.18. The van der Waals surface area contributed by atoms with Crippen LogP contribution in [0.4, 0.5) is 0 Å². The van der Waals surface area contributed by atoms with Gasteiger partial charge in [-0.3, -0.25) is 0 Å². The van der Waals surface area contributed by atoms with E-state index in [1.165, 1.54) is 11.3 Å². The van der Waals surface area contributed by atoms with Gasteiger partial charge in [0.15, 0.2) is 0 Å². The highest BCUT2D eigenvalue weighted by Crippen LogP contribution is 2.16. The summed E-state index contributed by atoms with van der Waals surface area (Å²) in [6.45, 7) is 0.268. The van der Waals surface area contributed by atoms with E-state index in [4.69, 9.17) is 4.74 Å². The smallest absolute Gasteiger partial charge is 0.250 e. The predicted molar refractivity (Wildman–Crippen MR) is 71.3 cm³/mol. The summed E-state index contributed by atoms with van der Waals surface area (Å²) < 4.78 is 31.7. The molecule has 0 amide bonds. The summed E-state index contributed by atoms with van der Waals surface area (Å²) in [4.78, 5) is 0. The van der Waals surface area contributed by atoms with Gasteiger partial charge >= 0.3 is 0 Å². The van der Waals surface area contributed by atoms with Gasteiger partial charge in [-0.25, -0.2) is 13.1 Å². The number of benzene rings is 1. The van der Waals surface area contributed by atoms with Crippen LogP contribution >= 0.6 is 11.3 Å². The first-order valence-electron chi connectivity index (χ1n) is 5.28. The fraction of sp³-hybridized carbons (Fsp3) is 0.167. The summed E-state index contributed by atoms with van der Waals surface area (Å²) in [7, 11) is -1.80. The molecule has 2 rings (SSSR count). The van der Waals surface area contributed by atoms with Crippen molar-refractivity contribution in [1.29, 1.82) is 0 Å². The number of methoxy groups -OCH3 is 1. The molecule has 1 heterocycles. The average molecular weight is 283 g/mol. The van der Waals surface area contributed by atoms with Gasteiger partial charge < -0.3 is 4.74 Å². The second-order valence-electron chi connectivity index (χ2n) is 3.60. The second kappa shape index (κ2) is 5.51. The van der Waals surface area contributed by atoms with Crippen LogP contribution in [-0.4, -0.2) is 15.5 Å². The van der Waals surface area contributed by atoms with Gasteiger partial charge in [0.25, 0.3) is 0 Å². The molecule has 1 aromatic heterocycles. The first-order valence-corrected chi connectivity index (χ1v) is 7.64. The summed E-state index contributed by atoms with van der Waals surface area (Å²) in [5.74, 6) is 0.750. The molecule has 0 radical (unpaired) electrons. The number of hydrogen-bond donors (Lipinski definition) is 1. The van der Waals surface area contributed by atoms with Gasteiger partial charge in [-0.1, -0.05) is 18.2 Å². The molecule has 4 nitrogen and oxygen atoms in total. The van der Waals surface area contributed by atoms with E-state index in [2.05, 4.69) is 4.72 Å². The van der Waals surface area contributed by atoms with Crippen LogP contribution in [0.25, 0.3) is 0 Å². The molecular formula is C12H13NO3S2. The van der Waals surface area contributed by atoms with Crippen LogP contribution in [0.2, 0.25) is 0 Å². The molecule has 96 valence electrons. The largest absolute Gasteiger partial charge is 0.497 e. The van der Waals surface area contributed by atoms with Crippen molar-refractivity contribution in [2.75, 3.05) is 7.11 Å². The Hall–Kier alpha value is -1.37. The Bertz CT molecular complexity index is 589. The molecule has 1 N–H and O–H groups in total. The van der Waals surface area contributed by atoms with E-state index >= 15 is 0 Å². The molecule has 0 aliphatic rings. The number of hydrogen-bond acceptors (Lipinski definition) is 4. The fourth-order valence-corrected chi connectivity index (χ4v) is 3.46. The number of sulfonamides is 1. The summed E-state index contributed by atoms with van der Waals surface area (Å²) in [5, 5.41) is 1.74. The predicted octanol–water partition coefficient (Wildman–Crippen LogP) is 2.24. The van der Waals surface area contributed by atoms with Crippen molar-refractivity contribution in [2.24, 2.45) is 0 Å². The molecule has 1 aromatic carbocycles. The normalized spacial score (nSPS) is 11.4. The van der Waals surface area contributed by atoms with E-state index in [0.29, 0.717) is 4.21 Å². The van der Waals surface area contributed by atoms with Gasteiger partial charge in [0, 0.05) is 6.54 Å². The third-order valence-electron chi connectivity index (χ3n) is 2.39. The van der Waals surface area contributed by atoms with Crippen LogP contribution in [0.1, 0.15) is 5.56 Å². The fourth-order valence-electron chi connectivity index (χ4n) is 1.41. The molecule has 0 saturated heterocycles. The van der Waals surface area contributed by atoms with Gasteiger partial charge in [0.2, 0.25) is 10.0 Å². The van der Waals surface area contributed by atoms with Crippen LogP contribution in [0.3, 0.4) is 0 Å². The highest BCUT2D eigenvalue weighted by Gasteiger charge is 2.14. The van der Waals surface area contributed by atoms with Crippen molar-refractivity contribution < 1.29 is 13.2 Å². The minimum Gasteiger partial charge on any atom is -0.497 e. The van der Waals surface area contributed by atoms with Gasteiger partial charge in [-0.2, -0.15) is 0 Å². The standard InChI is InChI=1S/C12H13NO3S2/c1-16-11-6-4-10(5-7-11)9-13-18(14,15)12-3-2-8-17-12/h2-8,13H,9H2,1H3. The van der Waals surface area contributed by atoms with Gasteiger partial charge in [-0.05, 0) is 29.1 Å². The highest BCUT2D eigenvalue weighted by molar-refractivity contribution is 7.91. The maximum absolute atomic E-state index is 11.9. The van der Waals surface area contributed by atoms with E-state index in [-0.39, 0.29) is 6.54 Å². The van der Waals surface area contributed by atoms with Gasteiger partial charge in [0.1, 0.15) is 9.96 Å². The topological polar surface area (TPSA) is 55.4 Å². The molecule has 0 aliphatic carbocycles. The zero-order chi connectivity index (χ0) is 13.0. The molecule has 0 aliphatic heterocycles. The minimum absolute atomic E-state index is 0.268. The lowest BCUT2D eigenvalue weighted by Crippen LogP contribution is -2.22. The number of thiophene rings is 1. The molecule has 0 unspecified atom stereocenters. The summed E-state index contributed by atoms with van der Waals surface area (Å²) in [5.41, 5.74) is 0.885. The first kappa shape index (κ1) is 13.1. The quantitative estimate of drug-likeness (QED) is 0.915. The van der Waals surface area contributed by atoms with Crippen molar-refractivity contribution >= 4 is 21.4 Å². The van der Waals surface area contributed by atoms with E-state index in [0.717, 1.165) is 11.3 Å². The van der Waals surface area contributed by atoms with Crippen LogP contribution in [0.15, 0.2) is 46.0 Å². The van der Waals surface area contributed by atoms with E-state index in [1.807, 2.05) is 12.1 Å². The molecule has 0 saturated carbocycles. The molecule has 0 atom stereocenters. The monoisotopic (exact) mass is 283 g/mol. The van der Waals surface area contributed by atoms with Crippen molar-refractivity contribution in [2.45, 2.75) is 10.8 Å². The van der Waals surface area contributed by atoms with Gasteiger partial charge in [-0.15, -0.1) is 11.3 Å². The molecule has 2 aromatic rings. The van der Waals surface area contributed by atoms with Crippen molar-refractivity contribution in [3.63, 3.8) is 0 Å². The Balaban J connectivity index is 2.03. The SMILES string of the molecule is COc1ccc(CNS(=O)(=O)c2cccs2)cc1. The van der Waals surface area contributed by atoms with E-state index < -0.39 is 10.0 Å². The molecular weight excluding hydrogens is 270 g/mol. The molecule has 6 heteroatoms. The Morgan fingerprint density at radius 2 is 1.94 bits per heavy atom. The molecule has 0 bridgehead atoms.